The van der Waals surface area contributed by atoms with Gasteiger partial charge in [0.2, 0.25) is 0 Å². The molecular weight excluding hydrogens is 303 g/mol. The lowest BCUT2D eigenvalue weighted by molar-refractivity contribution is -0.141. The summed E-state index contributed by atoms with van der Waals surface area (Å²) < 4.78 is 0. The van der Waals surface area contributed by atoms with E-state index in [-0.39, 0.29) is 6.54 Å². The lowest BCUT2D eigenvalue weighted by Crippen LogP contribution is -2.45. The summed E-state index contributed by atoms with van der Waals surface area (Å²) >= 11 is 12.0. The number of nitrogens with zero attached hydrogens (tertiary/aromatic N) is 1. The number of likely N-dealkylation sites (tertiary alicyclic amines) is 1. The number of benzene rings is 1. The van der Waals surface area contributed by atoms with Crippen LogP contribution in [0.25, 0.3) is 0 Å². The Morgan fingerprint density at radius 1 is 1.35 bits per heavy atom. The molecule has 0 bridgehead atoms. The summed E-state index contributed by atoms with van der Waals surface area (Å²) in [4.78, 5) is 24.4. The first-order valence-corrected chi connectivity index (χ1v) is 6.96. The van der Waals surface area contributed by atoms with Crippen LogP contribution < -0.4 is 5.32 Å². The van der Waals surface area contributed by atoms with E-state index in [0.29, 0.717) is 35.0 Å². The van der Waals surface area contributed by atoms with E-state index in [0.717, 1.165) is 0 Å². The zero-order chi connectivity index (χ0) is 14.7. The molecule has 0 spiro atoms. The van der Waals surface area contributed by atoms with Gasteiger partial charge in [-0.1, -0.05) is 29.3 Å². The van der Waals surface area contributed by atoms with Gasteiger partial charge in [-0.05, 0) is 25.0 Å². The molecule has 0 saturated carbocycles. The van der Waals surface area contributed by atoms with Crippen molar-refractivity contribution in [3.63, 3.8) is 0 Å². The van der Waals surface area contributed by atoms with Crippen LogP contribution in [0.4, 0.5) is 4.79 Å². The average molecular weight is 317 g/mol. The molecule has 0 aromatic heterocycles. The number of rotatable bonds is 3. The number of hydrogen-bond acceptors (Lipinski definition) is 2. The normalized spacial score (nSPS) is 18.1. The third-order valence-electron chi connectivity index (χ3n) is 3.28. The summed E-state index contributed by atoms with van der Waals surface area (Å²) in [5.74, 6) is -0.978. The molecular formula is C13H14Cl2N2O3. The minimum atomic E-state index is -0.978. The average Bonchev–Trinajstić information content (AvgIpc) is 2.87. The molecule has 1 atom stereocenters. The Balaban J connectivity index is 2.00. The van der Waals surface area contributed by atoms with Crippen LogP contribution in [0.5, 0.6) is 0 Å². The standard InChI is InChI=1S/C13H14Cl2N2O3/c14-9-3-1-4-10(15)8(9)7-16-13(20)17-6-2-5-11(17)12(18)19/h1,3-4,11H,2,5-7H2,(H,16,20)(H,18,19)/t11-/m1/s1. The van der Waals surface area contributed by atoms with Gasteiger partial charge in [-0.15, -0.1) is 0 Å². The van der Waals surface area contributed by atoms with E-state index in [4.69, 9.17) is 28.3 Å². The van der Waals surface area contributed by atoms with Crippen LogP contribution in [-0.4, -0.2) is 34.6 Å². The van der Waals surface area contributed by atoms with Gasteiger partial charge >= 0.3 is 12.0 Å². The maximum Gasteiger partial charge on any atom is 0.326 e. The van der Waals surface area contributed by atoms with Crippen molar-refractivity contribution in [2.45, 2.75) is 25.4 Å². The van der Waals surface area contributed by atoms with Gasteiger partial charge in [0, 0.05) is 28.7 Å². The number of carbonyl (C=O) groups is 2. The first-order valence-electron chi connectivity index (χ1n) is 6.21. The highest BCUT2D eigenvalue weighted by atomic mass is 35.5. The molecule has 7 heteroatoms. The number of carboxylic acids is 1. The van der Waals surface area contributed by atoms with Gasteiger partial charge < -0.3 is 15.3 Å². The van der Waals surface area contributed by atoms with Gasteiger partial charge in [-0.25, -0.2) is 9.59 Å². The lowest BCUT2D eigenvalue weighted by atomic mass is 10.2. The molecule has 2 amide bonds. The second kappa shape index (κ2) is 6.33. The number of carbonyl (C=O) groups excluding carboxylic acids is 1. The number of nitrogens with one attached hydrogen (secondary N) is 1. The van der Waals surface area contributed by atoms with Gasteiger partial charge in [0.25, 0.3) is 0 Å². The van der Waals surface area contributed by atoms with Gasteiger partial charge in [0.15, 0.2) is 0 Å². The maximum atomic E-state index is 12.0. The fourth-order valence-corrected chi connectivity index (χ4v) is 2.76. The van der Waals surface area contributed by atoms with E-state index in [1.54, 1.807) is 18.2 Å². The number of urea groups is 1. The van der Waals surface area contributed by atoms with Crippen molar-refractivity contribution in [2.24, 2.45) is 0 Å². The summed E-state index contributed by atoms with van der Waals surface area (Å²) in [6.07, 6.45) is 1.17. The van der Waals surface area contributed by atoms with E-state index in [9.17, 15) is 9.59 Å². The molecule has 1 aliphatic rings. The van der Waals surface area contributed by atoms with Crippen molar-refractivity contribution >= 4 is 35.2 Å². The van der Waals surface area contributed by atoms with Gasteiger partial charge in [-0.2, -0.15) is 0 Å². The first kappa shape index (κ1) is 14.9. The van der Waals surface area contributed by atoms with E-state index in [1.807, 2.05) is 0 Å². The number of amides is 2. The molecule has 2 N–H and O–H groups in total. The second-order valence-electron chi connectivity index (χ2n) is 4.55. The Labute approximate surface area is 126 Å². The largest absolute Gasteiger partial charge is 0.480 e. The van der Waals surface area contributed by atoms with E-state index in [1.165, 1.54) is 4.90 Å². The van der Waals surface area contributed by atoms with Gasteiger partial charge in [0.1, 0.15) is 6.04 Å². The smallest absolute Gasteiger partial charge is 0.326 e. The van der Waals surface area contributed by atoms with Crippen molar-refractivity contribution in [2.75, 3.05) is 6.54 Å². The van der Waals surface area contributed by atoms with Crippen LogP contribution >= 0.6 is 23.2 Å². The second-order valence-corrected chi connectivity index (χ2v) is 5.36. The highest BCUT2D eigenvalue weighted by molar-refractivity contribution is 6.36. The molecule has 0 radical (unpaired) electrons. The van der Waals surface area contributed by atoms with Crippen LogP contribution in [0, 0.1) is 0 Å². The summed E-state index contributed by atoms with van der Waals surface area (Å²) in [7, 11) is 0. The predicted molar refractivity (Wildman–Crippen MR) is 76.1 cm³/mol. The molecule has 2 rings (SSSR count). The monoisotopic (exact) mass is 316 g/mol. The third kappa shape index (κ3) is 3.16. The Morgan fingerprint density at radius 3 is 2.60 bits per heavy atom. The number of aliphatic carboxylic acids is 1. The zero-order valence-corrected chi connectivity index (χ0v) is 12.1. The van der Waals surface area contributed by atoms with Crippen molar-refractivity contribution in [1.29, 1.82) is 0 Å². The fraction of sp³-hybridized carbons (Fsp3) is 0.385. The van der Waals surface area contributed by atoms with Crippen LogP contribution in [0.2, 0.25) is 10.0 Å². The number of hydrogen-bond donors (Lipinski definition) is 2. The van der Waals surface area contributed by atoms with Crippen molar-refractivity contribution in [3.8, 4) is 0 Å². The minimum Gasteiger partial charge on any atom is -0.480 e. The Hall–Kier alpha value is -1.46. The Kier molecular flexibility index (Phi) is 4.73. The predicted octanol–water partition coefficient (Wildman–Crippen LogP) is 2.75. The summed E-state index contributed by atoms with van der Waals surface area (Å²) in [6, 6.07) is 3.93. The molecule has 1 heterocycles. The summed E-state index contributed by atoms with van der Waals surface area (Å²) in [5.41, 5.74) is 0.621. The Bertz CT molecular complexity index is 516. The quantitative estimate of drug-likeness (QED) is 0.900. The van der Waals surface area contributed by atoms with E-state index >= 15 is 0 Å². The topological polar surface area (TPSA) is 69.6 Å². The third-order valence-corrected chi connectivity index (χ3v) is 3.99. The molecule has 0 aliphatic carbocycles. The minimum absolute atomic E-state index is 0.167. The van der Waals surface area contributed by atoms with Crippen molar-refractivity contribution in [1.82, 2.24) is 10.2 Å². The summed E-state index contributed by atoms with van der Waals surface area (Å²) in [5, 5.41) is 12.6. The summed E-state index contributed by atoms with van der Waals surface area (Å²) in [6.45, 7) is 0.610. The lowest BCUT2D eigenvalue weighted by Gasteiger charge is -2.22. The van der Waals surface area contributed by atoms with E-state index in [2.05, 4.69) is 5.32 Å². The first-order chi connectivity index (χ1) is 9.50. The molecule has 5 nitrogen and oxygen atoms in total. The SMILES string of the molecule is O=C(O)[C@H]1CCCN1C(=O)NCc1c(Cl)cccc1Cl. The molecule has 1 aromatic rings. The molecule has 0 unspecified atom stereocenters. The van der Waals surface area contributed by atoms with Crippen LogP contribution in [0.1, 0.15) is 18.4 Å². The van der Waals surface area contributed by atoms with Crippen LogP contribution in [-0.2, 0) is 11.3 Å². The van der Waals surface area contributed by atoms with Gasteiger partial charge in [0.05, 0.1) is 0 Å². The Morgan fingerprint density at radius 2 is 2.00 bits per heavy atom. The zero-order valence-electron chi connectivity index (χ0n) is 10.6. The van der Waals surface area contributed by atoms with Crippen molar-refractivity contribution in [3.05, 3.63) is 33.8 Å². The molecule has 20 heavy (non-hydrogen) atoms. The molecule has 1 fully saturated rings. The van der Waals surface area contributed by atoms with Crippen molar-refractivity contribution < 1.29 is 14.7 Å². The highest BCUT2D eigenvalue weighted by Crippen LogP contribution is 2.24. The highest BCUT2D eigenvalue weighted by Gasteiger charge is 2.33. The van der Waals surface area contributed by atoms with Crippen LogP contribution in [0.15, 0.2) is 18.2 Å². The molecule has 108 valence electrons. The van der Waals surface area contributed by atoms with E-state index < -0.39 is 18.0 Å². The molecule has 1 aliphatic heterocycles. The maximum absolute atomic E-state index is 12.0. The number of carboxylic acid groups (broad SMARTS) is 1. The molecule has 1 aromatic carbocycles. The molecule has 1 saturated heterocycles. The van der Waals surface area contributed by atoms with Gasteiger partial charge in [-0.3, -0.25) is 0 Å². The fourth-order valence-electron chi connectivity index (χ4n) is 2.23. The van der Waals surface area contributed by atoms with Crippen LogP contribution in [0.3, 0.4) is 0 Å². The number of halogens is 2.